The van der Waals surface area contributed by atoms with E-state index in [0.29, 0.717) is 16.1 Å². The number of aromatic nitrogens is 8. The van der Waals surface area contributed by atoms with Gasteiger partial charge in [0, 0.05) is 6.20 Å². The highest BCUT2D eigenvalue weighted by Gasteiger charge is 2.22. The van der Waals surface area contributed by atoms with Gasteiger partial charge < -0.3 is 10.3 Å². The maximum absolute atomic E-state index is 13.3. The number of carbonyl (C=O) groups is 1. The van der Waals surface area contributed by atoms with Gasteiger partial charge in [-0.3, -0.25) is 9.20 Å². The molecule has 144 valence electrons. The maximum atomic E-state index is 13.3. The van der Waals surface area contributed by atoms with Gasteiger partial charge in [0.05, 0.1) is 24.0 Å². The Bertz CT molecular complexity index is 1140. The number of hydrogen-bond donors (Lipinski definition) is 2. The first-order valence-electron chi connectivity index (χ1n) is 7.98. The van der Waals surface area contributed by atoms with E-state index in [1.165, 1.54) is 24.8 Å². The van der Waals surface area contributed by atoms with E-state index in [9.17, 15) is 13.6 Å². The molecule has 1 amide bonds. The Morgan fingerprint density at radius 1 is 1.32 bits per heavy atom. The topological polar surface area (TPSA) is 119 Å². The molecular formula is C15H12BrF2N9O. The average molecular weight is 452 g/mol. The van der Waals surface area contributed by atoms with Crippen LogP contribution in [-0.4, -0.2) is 45.5 Å². The molecule has 0 aliphatic carbocycles. The van der Waals surface area contributed by atoms with E-state index >= 15 is 0 Å². The first kappa shape index (κ1) is 18.2. The molecular weight excluding hydrogens is 440 g/mol. The second-order valence-electron chi connectivity index (χ2n) is 5.83. The summed E-state index contributed by atoms with van der Waals surface area (Å²) in [7, 11) is 0. The highest BCUT2D eigenvalue weighted by atomic mass is 79.9. The molecule has 2 N–H and O–H groups in total. The molecule has 0 aromatic carbocycles. The monoisotopic (exact) mass is 451 g/mol. The lowest BCUT2D eigenvalue weighted by molar-refractivity contribution is 0.0938. The third-order valence-electron chi connectivity index (χ3n) is 4.02. The normalized spacial score (nSPS) is 12.6. The number of nitrogens with one attached hydrogen (secondary N) is 2. The molecule has 13 heteroatoms. The number of amides is 1. The van der Waals surface area contributed by atoms with Gasteiger partial charge in [0.25, 0.3) is 12.3 Å². The van der Waals surface area contributed by atoms with Gasteiger partial charge in [0.15, 0.2) is 11.5 Å². The predicted octanol–water partition coefficient (Wildman–Crippen LogP) is 2.22. The lowest BCUT2D eigenvalue weighted by Crippen LogP contribution is -2.28. The Balaban J connectivity index is 1.78. The SMILES string of the molecule is C[C@H](NC(=O)c1cc(-n2nncc2C(F)F)c2ncc(Br)n2c1)c1nnc[nH]1. The Labute approximate surface area is 164 Å². The molecule has 0 spiro atoms. The molecule has 0 aliphatic rings. The quantitative estimate of drug-likeness (QED) is 0.480. The number of imidazole rings is 1. The van der Waals surface area contributed by atoms with Crippen LogP contribution >= 0.6 is 15.9 Å². The molecule has 4 aromatic heterocycles. The summed E-state index contributed by atoms with van der Waals surface area (Å²) >= 11 is 3.33. The number of rotatable bonds is 5. The van der Waals surface area contributed by atoms with Crippen LogP contribution in [0, 0.1) is 0 Å². The van der Waals surface area contributed by atoms with Gasteiger partial charge in [-0.15, -0.1) is 15.3 Å². The summed E-state index contributed by atoms with van der Waals surface area (Å²) in [5, 5.41) is 17.6. The standard InChI is InChI=1S/C15H12BrF2N9O/c1-7(13-20-6-22-24-13)23-15(28)8-2-9(14-19-4-11(16)26(14)5-8)27-10(12(17)18)3-21-25-27/h2-7,12H,1H3,(H,23,28)(H,20,22,24)/t7-/m0/s1. The molecule has 4 aromatic rings. The summed E-state index contributed by atoms with van der Waals surface area (Å²) in [4.78, 5) is 19.8. The van der Waals surface area contributed by atoms with E-state index in [0.717, 1.165) is 10.9 Å². The number of fused-ring (bicyclic) bond motifs is 1. The molecule has 0 fully saturated rings. The van der Waals surface area contributed by atoms with Crippen LogP contribution in [-0.2, 0) is 0 Å². The second-order valence-corrected chi connectivity index (χ2v) is 6.64. The number of carbonyl (C=O) groups excluding carboxylic acids is 1. The Morgan fingerprint density at radius 3 is 2.86 bits per heavy atom. The van der Waals surface area contributed by atoms with Crippen molar-refractivity contribution in [2.24, 2.45) is 0 Å². The highest BCUT2D eigenvalue weighted by Crippen LogP contribution is 2.26. The molecule has 0 saturated heterocycles. The molecule has 4 rings (SSSR count). The van der Waals surface area contributed by atoms with Crippen molar-refractivity contribution >= 4 is 27.5 Å². The average Bonchev–Trinajstić information content (AvgIpc) is 3.42. The number of pyridine rings is 1. The fraction of sp³-hybridized carbons (Fsp3) is 0.200. The van der Waals surface area contributed by atoms with Crippen molar-refractivity contribution in [3.05, 3.63) is 52.7 Å². The number of alkyl halides is 2. The molecule has 0 saturated carbocycles. The first-order chi connectivity index (χ1) is 13.5. The van der Waals surface area contributed by atoms with Crippen molar-refractivity contribution in [3.63, 3.8) is 0 Å². The van der Waals surface area contributed by atoms with Crippen LogP contribution in [0.15, 0.2) is 35.6 Å². The highest BCUT2D eigenvalue weighted by molar-refractivity contribution is 9.10. The lowest BCUT2D eigenvalue weighted by atomic mass is 10.2. The Morgan fingerprint density at radius 2 is 2.14 bits per heavy atom. The van der Waals surface area contributed by atoms with Gasteiger partial charge in [0.2, 0.25) is 0 Å². The summed E-state index contributed by atoms with van der Waals surface area (Å²) in [6, 6.07) is 0.987. The number of hydrogen-bond acceptors (Lipinski definition) is 6. The summed E-state index contributed by atoms with van der Waals surface area (Å²) in [6.45, 7) is 1.73. The van der Waals surface area contributed by atoms with E-state index in [1.54, 1.807) is 11.3 Å². The fourth-order valence-corrected chi connectivity index (χ4v) is 3.05. The van der Waals surface area contributed by atoms with Crippen molar-refractivity contribution in [1.29, 1.82) is 0 Å². The van der Waals surface area contributed by atoms with Crippen LogP contribution in [0.1, 0.15) is 41.3 Å². The molecule has 28 heavy (non-hydrogen) atoms. The van der Waals surface area contributed by atoms with Gasteiger partial charge in [-0.1, -0.05) is 5.21 Å². The van der Waals surface area contributed by atoms with Crippen molar-refractivity contribution in [1.82, 2.24) is 44.9 Å². The van der Waals surface area contributed by atoms with Gasteiger partial charge >= 0.3 is 0 Å². The predicted molar refractivity (Wildman–Crippen MR) is 95.0 cm³/mol. The fourth-order valence-electron chi connectivity index (χ4n) is 2.67. The smallest absolute Gasteiger partial charge is 0.282 e. The summed E-state index contributed by atoms with van der Waals surface area (Å²) in [6.07, 6.45) is 2.62. The minimum Gasteiger partial charge on any atom is -0.342 e. The zero-order valence-electron chi connectivity index (χ0n) is 14.2. The minimum absolute atomic E-state index is 0.193. The van der Waals surface area contributed by atoms with Gasteiger partial charge in [0.1, 0.15) is 22.3 Å². The van der Waals surface area contributed by atoms with Crippen LogP contribution in [0.3, 0.4) is 0 Å². The zero-order valence-corrected chi connectivity index (χ0v) is 15.8. The van der Waals surface area contributed by atoms with Crippen molar-refractivity contribution in [2.45, 2.75) is 19.4 Å². The van der Waals surface area contributed by atoms with Crippen molar-refractivity contribution in [3.8, 4) is 5.69 Å². The second kappa shape index (κ2) is 7.07. The van der Waals surface area contributed by atoms with Crippen LogP contribution in [0.5, 0.6) is 0 Å². The van der Waals surface area contributed by atoms with Crippen molar-refractivity contribution < 1.29 is 13.6 Å². The van der Waals surface area contributed by atoms with E-state index < -0.39 is 24.1 Å². The maximum Gasteiger partial charge on any atom is 0.282 e. The largest absolute Gasteiger partial charge is 0.342 e. The number of aromatic amines is 1. The lowest BCUT2D eigenvalue weighted by Gasteiger charge is -2.13. The van der Waals surface area contributed by atoms with Crippen LogP contribution < -0.4 is 5.32 Å². The first-order valence-corrected chi connectivity index (χ1v) is 8.77. The number of H-pyrrole nitrogens is 1. The zero-order chi connectivity index (χ0) is 19.8. The van der Waals surface area contributed by atoms with Crippen LogP contribution in [0.2, 0.25) is 0 Å². The van der Waals surface area contributed by atoms with Gasteiger partial charge in [-0.05, 0) is 28.9 Å². The summed E-state index contributed by atoms with van der Waals surface area (Å²) in [5.74, 6) is 0.0427. The van der Waals surface area contributed by atoms with Crippen LogP contribution in [0.4, 0.5) is 8.78 Å². The molecule has 1 atom stereocenters. The van der Waals surface area contributed by atoms with E-state index in [-0.39, 0.29) is 11.3 Å². The Hall–Kier alpha value is -3.22. The molecule has 0 radical (unpaired) electrons. The number of nitrogens with zero attached hydrogens (tertiary/aromatic N) is 7. The van der Waals surface area contributed by atoms with E-state index in [4.69, 9.17) is 0 Å². The third kappa shape index (κ3) is 3.13. The van der Waals surface area contributed by atoms with Gasteiger partial charge in [-0.2, -0.15) is 0 Å². The minimum atomic E-state index is -2.79. The summed E-state index contributed by atoms with van der Waals surface area (Å²) < 4.78 is 29.7. The molecule has 10 nitrogen and oxygen atoms in total. The number of halogens is 3. The molecule has 0 aliphatic heterocycles. The molecule has 4 heterocycles. The van der Waals surface area contributed by atoms with E-state index in [1.807, 2.05) is 0 Å². The Kier molecular flexibility index (Phi) is 4.58. The van der Waals surface area contributed by atoms with E-state index in [2.05, 4.69) is 51.7 Å². The summed E-state index contributed by atoms with van der Waals surface area (Å²) in [5.41, 5.74) is 0.328. The molecule has 0 bridgehead atoms. The third-order valence-corrected chi connectivity index (χ3v) is 4.61. The van der Waals surface area contributed by atoms with Crippen molar-refractivity contribution in [2.75, 3.05) is 0 Å². The van der Waals surface area contributed by atoms with Gasteiger partial charge in [-0.25, -0.2) is 18.4 Å². The molecule has 0 unspecified atom stereocenters. The van der Waals surface area contributed by atoms with Crippen LogP contribution in [0.25, 0.3) is 11.3 Å².